The Bertz CT molecular complexity index is 1170. The van der Waals surface area contributed by atoms with Crippen molar-refractivity contribution in [3.63, 3.8) is 0 Å². The fraction of sp³-hybridized carbons (Fsp3) is 0.0417. The molecule has 1 N–H and O–H groups in total. The van der Waals surface area contributed by atoms with Crippen molar-refractivity contribution in [3.05, 3.63) is 107 Å². The largest absolute Gasteiger partial charge is 0.321 e. The zero-order valence-electron chi connectivity index (χ0n) is 16.8. The molecule has 0 saturated heterocycles. The van der Waals surface area contributed by atoms with Gasteiger partial charge in [0.05, 0.1) is 10.6 Å². The maximum Gasteiger partial charge on any atom is 0.321 e. The topological polar surface area (TPSA) is 93.3 Å². The van der Waals surface area contributed by atoms with E-state index >= 15 is 0 Å². The number of benzene rings is 3. The molecule has 1 aromatic heterocycles. The molecule has 0 spiro atoms. The van der Waals surface area contributed by atoms with Crippen LogP contribution in [0.25, 0.3) is 22.5 Å². The van der Waals surface area contributed by atoms with E-state index in [0.717, 1.165) is 11.3 Å². The lowest BCUT2D eigenvalue weighted by Crippen LogP contribution is -2.07. The van der Waals surface area contributed by atoms with Gasteiger partial charge in [-0.25, -0.2) is 15.4 Å². The van der Waals surface area contributed by atoms with Crippen molar-refractivity contribution in [1.82, 2.24) is 9.97 Å². The molecule has 4 aromatic rings. The van der Waals surface area contributed by atoms with Gasteiger partial charge in [0.25, 0.3) is 0 Å². The highest BCUT2D eigenvalue weighted by molar-refractivity contribution is 5.99. The molecular formula is C24H19N5O2. The van der Waals surface area contributed by atoms with Crippen LogP contribution < -0.4 is 5.43 Å². The van der Waals surface area contributed by atoms with Crippen molar-refractivity contribution in [2.24, 2.45) is 5.10 Å². The van der Waals surface area contributed by atoms with Gasteiger partial charge in [-0.15, -0.1) is 0 Å². The first-order valence-corrected chi connectivity index (χ1v) is 9.66. The van der Waals surface area contributed by atoms with Gasteiger partial charge < -0.3 is 0 Å². The molecule has 152 valence electrons. The maximum atomic E-state index is 12.0. The smallest absolute Gasteiger partial charge is 0.258 e. The van der Waals surface area contributed by atoms with E-state index in [1.54, 1.807) is 24.3 Å². The summed E-state index contributed by atoms with van der Waals surface area (Å²) in [6.07, 6.45) is 0. The lowest BCUT2D eigenvalue weighted by Gasteiger charge is -2.10. The van der Waals surface area contributed by atoms with Crippen molar-refractivity contribution in [1.29, 1.82) is 0 Å². The summed E-state index contributed by atoms with van der Waals surface area (Å²) in [5.74, 6) is 0.179. The number of nitro groups is 1. The highest BCUT2D eigenvalue weighted by Crippen LogP contribution is 2.37. The van der Waals surface area contributed by atoms with Crippen LogP contribution in [-0.2, 0) is 0 Å². The molecule has 0 amide bonds. The fourth-order valence-corrected chi connectivity index (χ4v) is 3.15. The number of hydrogen-bond acceptors (Lipinski definition) is 6. The molecule has 1 heterocycles. The van der Waals surface area contributed by atoms with Crippen molar-refractivity contribution >= 4 is 17.3 Å². The Morgan fingerprint density at radius 1 is 0.806 bits per heavy atom. The predicted octanol–water partition coefficient (Wildman–Crippen LogP) is 5.55. The average molecular weight is 409 g/mol. The second-order valence-corrected chi connectivity index (χ2v) is 6.76. The number of rotatable bonds is 6. The van der Waals surface area contributed by atoms with Gasteiger partial charge in [-0.1, -0.05) is 91.0 Å². The van der Waals surface area contributed by atoms with E-state index < -0.39 is 4.92 Å². The molecule has 0 radical (unpaired) electrons. The Morgan fingerprint density at radius 3 is 1.71 bits per heavy atom. The number of hydrazone groups is 1. The lowest BCUT2D eigenvalue weighted by molar-refractivity contribution is -0.383. The van der Waals surface area contributed by atoms with Gasteiger partial charge in [0.1, 0.15) is 0 Å². The van der Waals surface area contributed by atoms with Crippen molar-refractivity contribution in [2.45, 2.75) is 6.92 Å². The van der Waals surface area contributed by atoms with Crippen LogP contribution in [0.4, 0.5) is 11.6 Å². The van der Waals surface area contributed by atoms with Crippen LogP contribution in [0.1, 0.15) is 12.5 Å². The second-order valence-electron chi connectivity index (χ2n) is 6.76. The molecule has 0 aliphatic rings. The van der Waals surface area contributed by atoms with Gasteiger partial charge in [-0.05, 0) is 12.5 Å². The highest BCUT2D eigenvalue weighted by atomic mass is 16.6. The van der Waals surface area contributed by atoms with Crippen LogP contribution in [0.15, 0.2) is 96.1 Å². The summed E-state index contributed by atoms with van der Waals surface area (Å²) in [5, 5.41) is 16.4. The molecule has 31 heavy (non-hydrogen) atoms. The molecule has 7 heteroatoms. The first kappa shape index (κ1) is 19.9. The van der Waals surface area contributed by atoms with E-state index in [1.807, 2.05) is 73.7 Å². The number of nitrogens with one attached hydrogen (secondary N) is 1. The summed E-state index contributed by atoms with van der Waals surface area (Å²) in [6, 6.07) is 27.8. The third-order valence-corrected chi connectivity index (χ3v) is 4.68. The van der Waals surface area contributed by atoms with Crippen LogP contribution in [-0.4, -0.2) is 20.6 Å². The second kappa shape index (κ2) is 8.96. The average Bonchev–Trinajstić information content (AvgIpc) is 2.83. The third-order valence-electron chi connectivity index (χ3n) is 4.68. The Labute approximate surface area is 179 Å². The van der Waals surface area contributed by atoms with Crippen LogP contribution >= 0.6 is 0 Å². The summed E-state index contributed by atoms with van der Waals surface area (Å²) in [7, 11) is 0. The first-order valence-electron chi connectivity index (χ1n) is 9.66. The number of nitrogens with zero attached hydrogens (tertiary/aromatic N) is 4. The van der Waals surface area contributed by atoms with E-state index in [2.05, 4.69) is 20.5 Å². The van der Waals surface area contributed by atoms with E-state index in [0.29, 0.717) is 11.1 Å². The third kappa shape index (κ3) is 4.45. The monoisotopic (exact) mass is 409 g/mol. The van der Waals surface area contributed by atoms with E-state index in [1.165, 1.54) is 0 Å². The maximum absolute atomic E-state index is 12.0. The summed E-state index contributed by atoms with van der Waals surface area (Å²) in [4.78, 5) is 20.5. The molecule has 0 aliphatic carbocycles. The molecule has 3 aromatic carbocycles. The minimum atomic E-state index is -0.438. The zero-order chi connectivity index (χ0) is 21.6. The normalized spacial score (nSPS) is 11.2. The SMILES string of the molecule is CC(=NNc1nc(-c2ccccc2)c([N+](=O)[O-])c(-c2ccccc2)n1)c1ccccc1. The fourth-order valence-electron chi connectivity index (χ4n) is 3.15. The standard InChI is InChI=1S/C24H19N5O2/c1-17(18-11-5-2-6-12-18)27-28-24-25-21(19-13-7-3-8-14-19)23(29(30)31)22(26-24)20-15-9-4-10-16-20/h2-16H,1H3,(H,25,26,28). The molecule has 0 aliphatic heterocycles. The minimum Gasteiger partial charge on any atom is -0.258 e. The Hall–Kier alpha value is -4.39. The van der Waals surface area contributed by atoms with Gasteiger partial charge in [0.15, 0.2) is 11.4 Å². The molecule has 0 unspecified atom stereocenters. The highest BCUT2D eigenvalue weighted by Gasteiger charge is 2.26. The number of aromatic nitrogens is 2. The van der Waals surface area contributed by atoms with Crippen LogP contribution in [0, 0.1) is 10.1 Å². The molecular weight excluding hydrogens is 390 g/mol. The molecule has 0 fully saturated rings. The Balaban J connectivity index is 1.86. The number of hydrogen-bond donors (Lipinski definition) is 1. The van der Waals surface area contributed by atoms with Crippen molar-refractivity contribution in [2.75, 3.05) is 5.43 Å². The summed E-state index contributed by atoms with van der Waals surface area (Å²) in [5.41, 5.74) is 6.13. The van der Waals surface area contributed by atoms with E-state index in [4.69, 9.17) is 0 Å². The van der Waals surface area contributed by atoms with E-state index in [-0.39, 0.29) is 23.0 Å². The molecule has 7 nitrogen and oxygen atoms in total. The number of anilines is 1. The van der Waals surface area contributed by atoms with E-state index in [9.17, 15) is 10.1 Å². The summed E-state index contributed by atoms with van der Waals surface area (Å²) >= 11 is 0. The Kier molecular flexibility index (Phi) is 5.75. The van der Waals surface area contributed by atoms with Gasteiger partial charge in [-0.2, -0.15) is 5.10 Å². The Morgan fingerprint density at radius 2 is 1.26 bits per heavy atom. The van der Waals surface area contributed by atoms with Gasteiger partial charge in [-0.3, -0.25) is 10.1 Å². The van der Waals surface area contributed by atoms with Crippen LogP contribution in [0.3, 0.4) is 0 Å². The quantitative estimate of drug-likeness (QED) is 0.256. The van der Waals surface area contributed by atoms with Gasteiger partial charge in [0.2, 0.25) is 5.95 Å². The molecule has 0 saturated carbocycles. The van der Waals surface area contributed by atoms with Crippen LogP contribution in [0.2, 0.25) is 0 Å². The molecule has 4 rings (SSSR count). The lowest BCUT2D eigenvalue weighted by atomic mass is 10.1. The minimum absolute atomic E-state index is 0.147. The predicted molar refractivity (Wildman–Crippen MR) is 122 cm³/mol. The zero-order valence-corrected chi connectivity index (χ0v) is 16.8. The van der Waals surface area contributed by atoms with Gasteiger partial charge in [0, 0.05) is 11.1 Å². The first-order chi connectivity index (χ1) is 15.1. The molecule has 0 bridgehead atoms. The van der Waals surface area contributed by atoms with Crippen molar-refractivity contribution < 1.29 is 4.92 Å². The van der Waals surface area contributed by atoms with Crippen molar-refractivity contribution in [3.8, 4) is 22.5 Å². The van der Waals surface area contributed by atoms with Gasteiger partial charge >= 0.3 is 5.69 Å². The summed E-state index contributed by atoms with van der Waals surface area (Å²) in [6.45, 7) is 1.87. The molecule has 0 atom stereocenters. The van der Waals surface area contributed by atoms with Crippen LogP contribution in [0.5, 0.6) is 0 Å². The summed E-state index contributed by atoms with van der Waals surface area (Å²) < 4.78 is 0.